The molecular weight excluding hydrogens is 456 g/mol. The van der Waals surface area contributed by atoms with Crippen LogP contribution in [0.3, 0.4) is 0 Å². The first kappa shape index (κ1) is 24.2. The zero-order valence-electron chi connectivity index (χ0n) is 19.4. The average Bonchev–Trinajstić information content (AvgIpc) is 3.55. The highest BCUT2D eigenvalue weighted by atomic mass is 32.2. The summed E-state index contributed by atoms with van der Waals surface area (Å²) >= 11 is 0. The van der Waals surface area contributed by atoms with Gasteiger partial charge in [-0.2, -0.15) is 4.31 Å². The molecule has 34 heavy (non-hydrogen) atoms. The Kier molecular flexibility index (Phi) is 7.23. The number of rotatable bonds is 9. The number of carbonyl (C=O) groups excluding carboxylic acids is 2. The first-order valence-corrected chi connectivity index (χ1v) is 12.9. The van der Waals surface area contributed by atoms with Crippen LogP contribution in [0, 0.1) is 12.8 Å². The predicted octanol–water partition coefficient (Wildman–Crippen LogP) is 2.97. The van der Waals surface area contributed by atoms with Gasteiger partial charge in [0, 0.05) is 6.54 Å². The van der Waals surface area contributed by atoms with Crippen molar-refractivity contribution in [3.8, 4) is 5.75 Å². The number of ether oxygens (including phenoxy) is 2. The maximum Gasteiger partial charge on any atom is 0.324 e. The summed E-state index contributed by atoms with van der Waals surface area (Å²) in [6, 6.07) is 13.0. The fourth-order valence-electron chi connectivity index (χ4n) is 4.27. The van der Waals surface area contributed by atoms with Gasteiger partial charge in [-0.3, -0.25) is 9.59 Å². The van der Waals surface area contributed by atoms with Crippen molar-refractivity contribution < 1.29 is 27.5 Å². The summed E-state index contributed by atoms with van der Waals surface area (Å²) in [4.78, 5) is 25.5. The normalized spacial score (nSPS) is 19.4. The Balaban J connectivity index is 1.36. The van der Waals surface area contributed by atoms with Crippen LogP contribution in [0.1, 0.15) is 42.9 Å². The van der Waals surface area contributed by atoms with Crippen molar-refractivity contribution in [2.75, 3.05) is 20.3 Å². The number of hydrogen-bond acceptors (Lipinski definition) is 6. The second-order valence-corrected chi connectivity index (χ2v) is 10.7. The van der Waals surface area contributed by atoms with Crippen molar-refractivity contribution in [2.45, 2.75) is 49.6 Å². The summed E-state index contributed by atoms with van der Waals surface area (Å²) in [6.45, 7) is 1.66. The minimum atomic E-state index is -3.83. The third-order valence-corrected chi connectivity index (χ3v) is 8.26. The molecule has 8 nitrogen and oxygen atoms in total. The van der Waals surface area contributed by atoms with Crippen LogP contribution in [-0.4, -0.2) is 50.9 Å². The Morgan fingerprint density at radius 2 is 1.74 bits per heavy atom. The summed E-state index contributed by atoms with van der Waals surface area (Å²) in [6.07, 6.45) is 2.95. The van der Waals surface area contributed by atoms with Crippen LogP contribution in [0.4, 0.5) is 0 Å². The molecule has 1 heterocycles. The van der Waals surface area contributed by atoms with Crippen LogP contribution in [0.2, 0.25) is 0 Å². The molecule has 182 valence electrons. The molecule has 1 aliphatic carbocycles. The molecule has 2 atom stereocenters. The van der Waals surface area contributed by atoms with Gasteiger partial charge >= 0.3 is 5.97 Å². The topological polar surface area (TPSA) is 102 Å². The number of benzene rings is 2. The molecule has 0 radical (unpaired) electrons. The zero-order chi connectivity index (χ0) is 24.3. The van der Waals surface area contributed by atoms with Gasteiger partial charge in [-0.05, 0) is 68.4 Å². The third kappa shape index (κ3) is 5.42. The molecule has 2 aromatic carbocycles. The Bertz CT molecular complexity index is 1130. The molecule has 9 heteroatoms. The van der Waals surface area contributed by atoms with Gasteiger partial charge in [0.25, 0.3) is 5.91 Å². The molecule has 0 aromatic heterocycles. The van der Waals surface area contributed by atoms with Crippen molar-refractivity contribution in [3.63, 3.8) is 0 Å². The minimum Gasteiger partial charge on any atom is -0.497 e. The SMILES string of the molecule is COc1ccc(C(NC(=O)COC(=O)[C@@H]2CCCN2S(=O)(=O)c2ccc(C)cc2)C2CC2)cc1. The molecule has 0 spiro atoms. The summed E-state index contributed by atoms with van der Waals surface area (Å²) in [5.41, 5.74) is 1.91. The van der Waals surface area contributed by atoms with Crippen LogP contribution < -0.4 is 10.1 Å². The van der Waals surface area contributed by atoms with E-state index in [4.69, 9.17) is 9.47 Å². The largest absolute Gasteiger partial charge is 0.497 e. The van der Waals surface area contributed by atoms with Gasteiger partial charge < -0.3 is 14.8 Å². The smallest absolute Gasteiger partial charge is 0.324 e. The molecule has 2 aliphatic rings. The summed E-state index contributed by atoms with van der Waals surface area (Å²) in [5.74, 6) is -0.0268. The maximum atomic E-state index is 13.1. The lowest BCUT2D eigenvalue weighted by molar-refractivity contribution is -0.151. The Hall–Kier alpha value is -2.91. The fourth-order valence-corrected chi connectivity index (χ4v) is 5.92. The van der Waals surface area contributed by atoms with E-state index in [1.165, 1.54) is 16.4 Å². The highest BCUT2D eigenvalue weighted by Gasteiger charge is 2.41. The van der Waals surface area contributed by atoms with Crippen LogP contribution >= 0.6 is 0 Å². The minimum absolute atomic E-state index is 0.141. The lowest BCUT2D eigenvalue weighted by atomic mass is 10.0. The van der Waals surface area contributed by atoms with Crippen molar-refractivity contribution in [2.24, 2.45) is 5.92 Å². The molecule has 1 unspecified atom stereocenters. The first-order valence-electron chi connectivity index (χ1n) is 11.5. The number of amides is 1. The maximum absolute atomic E-state index is 13.1. The number of hydrogen-bond donors (Lipinski definition) is 1. The third-order valence-electron chi connectivity index (χ3n) is 6.33. The van der Waals surface area contributed by atoms with E-state index in [1.54, 1.807) is 19.2 Å². The average molecular weight is 487 g/mol. The highest BCUT2D eigenvalue weighted by Crippen LogP contribution is 2.41. The summed E-state index contributed by atoms with van der Waals surface area (Å²) in [5, 5.41) is 2.96. The van der Waals surface area contributed by atoms with E-state index in [0.717, 1.165) is 29.7 Å². The Labute approximate surface area is 200 Å². The molecule has 1 amide bonds. The van der Waals surface area contributed by atoms with E-state index in [9.17, 15) is 18.0 Å². The number of carbonyl (C=O) groups is 2. The van der Waals surface area contributed by atoms with Gasteiger partial charge in [0.15, 0.2) is 6.61 Å². The number of nitrogens with zero attached hydrogens (tertiary/aromatic N) is 1. The highest BCUT2D eigenvalue weighted by molar-refractivity contribution is 7.89. The van der Waals surface area contributed by atoms with Gasteiger partial charge in [-0.1, -0.05) is 29.8 Å². The van der Waals surface area contributed by atoms with E-state index in [2.05, 4.69) is 5.32 Å². The number of nitrogens with one attached hydrogen (secondary N) is 1. The number of aryl methyl sites for hydroxylation is 1. The van der Waals surface area contributed by atoms with Crippen LogP contribution in [0.25, 0.3) is 0 Å². The number of methoxy groups -OCH3 is 1. The summed E-state index contributed by atoms with van der Waals surface area (Å²) in [7, 11) is -2.23. The van der Waals surface area contributed by atoms with Crippen molar-refractivity contribution >= 4 is 21.9 Å². The van der Waals surface area contributed by atoms with Gasteiger partial charge in [0.1, 0.15) is 11.8 Å². The molecule has 1 saturated heterocycles. The van der Waals surface area contributed by atoms with Gasteiger partial charge in [-0.25, -0.2) is 8.42 Å². The van der Waals surface area contributed by atoms with Crippen LogP contribution in [-0.2, 0) is 24.3 Å². The van der Waals surface area contributed by atoms with E-state index < -0.39 is 34.5 Å². The van der Waals surface area contributed by atoms with Crippen LogP contribution in [0.15, 0.2) is 53.4 Å². The van der Waals surface area contributed by atoms with Gasteiger partial charge in [0.05, 0.1) is 18.0 Å². The van der Waals surface area contributed by atoms with E-state index in [-0.39, 0.29) is 17.5 Å². The number of sulfonamides is 1. The van der Waals surface area contributed by atoms with Crippen LogP contribution in [0.5, 0.6) is 5.75 Å². The zero-order valence-corrected chi connectivity index (χ0v) is 20.2. The molecule has 2 aromatic rings. The molecule has 1 aliphatic heterocycles. The monoisotopic (exact) mass is 486 g/mol. The standard InChI is InChI=1S/C25H30N2O6S/c1-17-5-13-21(14-6-17)34(30,31)27-15-3-4-22(27)25(29)33-16-23(28)26-24(18-7-8-18)19-9-11-20(32-2)12-10-19/h5-6,9-14,18,22,24H,3-4,7-8,15-16H2,1-2H3,(H,26,28)/t22-,24?/m0/s1. The van der Waals surface area contributed by atoms with E-state index >= 15 is 0 Å². The molecule has 0 bridgehead atoms. The second kappa shape index (κ2) is 10.1. The van der Waals surface area contributed by atoms with E-state index in [1.807, 2.05) is 31.2 Å². The summed E-state index contributed by atoms with van der Waals surface area (Å²) < 4.78 is 37.8. The lowest BCUT2D eigenvalue weighted by Crippen LogP contribution is -2.42. The van der Waals surface area contributed by atoms with Crippen molar-refractivity contribution in [3.05, 3.63) is 59.7 Å². The lowest BCUT2D eigenvalue weighted by Gasteiger charge is -2.23. The van der Waals surface area contributed by atoms with Crippen molar-refractivity contribution in [1.29, 1.82) is 0 Å². The molecule has 2 fully saturated rings. The molecule has 1 N–H and O–H groups in total. The van der Waals surface area contributed by atoms with Crippen molar-refractivity contribution in [1.82, 2.24) is 9.62 Å². The Morgan fingerprint density at radius 1 is 1.06 bits per heavy atom. The molecular formula is C25H30N2O6S. The second-order valence-electron chi connectivity index (χ2n) is 8.85. The number of esters is 1. The predicted molar refractivity (Wildman–Crippen MR) is 126 cm³/mol. The molecule has 1 saturated carbocycles. The van der Waals surface area contributed by atoms with Gasteiger partial charge in [-0.15, -0.1) is 0 Å². The quantitative estimate of drug-likeness (QED) is 0.547. The molecule has 4 rings (SSSR count). The van der Waals surface area contributed by atoms with E-state index in [0.29, 0.717) is 18.8 Å². The first-order chi connectivity index (χ1) is 16.3. The fraction of sp³-hybridized carbons (Fsp3) is 0.440. The van der Waals surface area contributed by atoms with Gasteiger partial charge in [0.2, 0.25) is 10.0 Å². The Morgan fingerprint density at radius 3 is 2.35 bits per heavy atom.